The summed E-state index contributed by atoms with van der Waals surface area (Å²) in [6.07, 6.45) is -0.273. The van der Waals surface area contributed by atoms with E-state index >= 15 is 0 Å². The van der Waals surface area contributed by atoms with Gasteiger partial charge in [0.15, 0.2) is 0 Å². The van der Waals surface area contributed by atoms with Crippen molar-refractivity contribution in [1.82, 2.24) is 9.80 Å². The molecule has 2 heterocycles. The lowest BCUT2D eigenvalue weighted by Crippen LogP contribution is -2.52. The van der Waals surface area contributed by atoms with E-state index in [1.807, 2.05) is 0 Å². The Morgan fingerprint density at radius 1 is 1.09 bits per heavy atom. The summed E-state index contributed by atoms with van der Waals surface area (Å²) < 4.78 is 17.4. The third-order valence-corrected chi connectivity index (χ3v) is 4.71. The second-order valence-corrected chi connectivity index (χ2v) is 6.70. The minimum atomic E-state index is -0.430. The minimum Gasteiger partial charge on any atom is -0.391 e. The van der Waals surface area contributed by atoms with Crippen molar-refractivity contribution in [2.24, 2.45) is 0 Å². The van der Waals surface area contributed by atoms with Gasteiger partial charge in [-0.15, -0.1) is 0 Å². The molecule has 0 bridgehead atoms. The second kappa shape index (κ2) is 8.57. The van der Waals surface area contributed by atoms with Crippen LogP contribution in [-0.2, 0) is 14.2 Å². The highest BCUT2D eigenvalue weighted by molar-refractivity contribution is 4.80. The van der Waals surface area contributed by atoms with Gasteiger partial charge in [0, 0.05) is 32.2 Å². The zero-order valence-electron chi connectivity index (χ0n) is 14.4. The van der Waals surface area contributed by atoms with Crippen LogP contribution in [0.1, 0.15) is 20.8 Å². The maximum atomic E-state index is 9.69. The van der Waals surface area contributed by atoms with Crippen molar-refractivity contribution < 1.29 is 19.3 Å². The van der Waals surface area contributed by atoms with Gasteiger partial charge < -0.3 is 24.2 Å². The highest BCUT2D eigenvalue weighted by Crippen LogP contribution is 2.14. The van der Waals surface area contributed by atoms with Gasteiger partial charge in [-0.25, -0.2) is 0 Å². The smallest absolute Gasteiger partial charge is 0.0960 e. The molecule has 0 amide bonds. The lowest BCUT2D eigenvalue weighted by atomic mass is 10.1. The first-order valence-electron chi connectivity index (χ1n) is 8.43. The molecule has 2 aliphatic rings. The number of morpholine rings is 2. The van der Waals surface area contributed by atoms with Crippen LogP contribution < -0.4 is 0 Å². The highest BCUT2D eigenvalue weighted by Gasteiger charge is 2.29. The molecule has 0 radical (unpaired) electrons. The summed E-state index contributed by atoms with van der Waals surface area (Å²) in [6.45, 7) is 11.8. The first-order chi connectivity index (χ1) is 10.5. The maximum absolute atomic E-state index is 9.69. The molecule has 2 rings (SSSR count). The summed E-state index contributed by atoms with van der Waals surface area (Å²) in [5.41, 5.74) is 0. The van der Waals surface area contributed by atoms with E-state index in [1.165, 1.54) is 0 Å². The van der Waals surface area contributed by atoms with Gasteiger partial charge in [-0.05, 0) is 27.8 Å². The normalized spacial score (nSPS) is 32.6. The van der Waals surface area contributed by atoms with Crippen molar-refractivity contribution in [3.8, 4) is 0 Å². The lowest BCUT2D eigenvalue weighted by Gasteiger charge is -2.39. The average Bonchev–Trinajstić information content (AvgIpc) is 2.52. The molecule has 0 saturated carbocycles. The predicted molar refractivity (Wildman–Crippen MR) is 85.1 cm³/mol. The first-order valence-corrected chi connectivity index (χ1v) is 8.43. The monoisotopic (exact) mass is 316 g/mol. The van der Waals surface area contributed by atoms with Gasteiger partial charge in [0.05, 0.1) is 44.2 Å². The zero-order chi connectivity index (χ0) is 16.1. The molecule has 2 aliphatic heterocycles. The molecule has 0 spiro atoms. The van der Waals surface area contributed by atoms with Crippen LogP contribution in [-0.4, -0.2) is 98.4 Å². The van der Waals surface area contributed by atoms with E-state index in [1.54, 1.807) is 6.92 Å². The molecule has 0 aromatic rings. The van der Waals surface area contributed by atoms with Crippen molar-refractivity contribution in [2.45, 2.75) is 51.2 Å². The third kappa shape index (κ3) is 5.15. The van der Waals surface area contributed by atoms with E-state index in [9.17, 15) is 5.11 Å². The molecule has 6 nitrogen and oxygen atoms in total. The van der Waals surface area contributed by atoms with Gasteiger partial charge >= 0.3 is 0 Å². The van der Waals surface area contributed by atoms with Gasteiger partial charge in [0.1, 0.15) is 0 Å². The zero-order valence-corrected chi connectivity index (χ0v) is 14.4. The van der Waals surface area contributed by atoms with E-state index in [0.29, 0.717) is 19.3 Å². The van der Waals surface area contributed by atoms with Crippen molar-refractivity contribution in [3.63, 3.8) is 0 Å². The van der Waals surface area contributed by atoms with Crippen LogP contribution >= 0.6 is 0 Å². The number of hydrogen-bond acceptors (Lipinski definition) is 6. The predicted octanol–water partition coefficient (Wildman–Crippen LogP) is 0.192. The van der Waals surface area contributed by atoms with Crippen LogP contribution in [0.3, 0.4) is 0 Å². The topological polar surface area (TPSA) is 54.4 Å². The molecular weight excluding hydrogens is 284 g/mol. The molecule has 2 saturated heterocycles. The fourth-order valence-electron chi connectivity index (χ4n) is 2.99. The lowest BCUT2D eigenvalue weighted by molar-refractivity contribution is -0.122. The van der Waals surface area contributed by atoms with Crippen molar-refractivity contribution in [1.29, 1.82) is 0 Å². The van der Waals surface area contributed by atoms with E-state index in [-0.39, 0.29) is 18.3 Å². The largest absolute Gasteiger partial charge is 0.391 e. The summed E-state index contributed by atoms with van der Waals surface area (Å²) in [5.74, 6) is 0. The number of ether oxygens (including phenoxy) is 3. The van der Waals surface area contributed by atoms with Crippen LogP contribution in [0.15, 0.2) is 0 Å². The van der Waals surface area contributed by atoms with Crippen molar-refractivity contribution in [3.05, 3.63) is 0 Å². The molecule has 5 atom stereocenters. The Morgan fingerprint density at radius 3 is 2.45 bits per heavy atom. The van der Waals surface area contributed by atoms with Gasteiger partial charge in [0.25, 0.3) is 0 Å². The van der Waals surface area contributed by atoms with Gasteiger partial charge in [-0.3, -0.25) is 4.90 Å². The third-order valence-electron chi connectivity index (χ3n) is 4.71. The number of rotatable bonds is 6. The van der Waals surface area contributed by atoms with E-state index in [0.717, 1.165) is 32.8 Å². The average molecular weight is 316 g/mol. The van der Waals surface area contributed by atoms with Crippen molar-refractivity contribution >= 4 is 0 Å². The van der Waals surface area contributed by atoms with Crippen LogP contribution in [0.25, 0.3) is 0 Å². The molecule has 0 aromatic heterocycles. The Hall–Kier alpha value is -0.240. The summed E-state index contributed by atoms with van der Waals surface area (Å²) in [7, 11) is 2.12. The van der Waals surface area contributed by atoms with Gasteiger partial charge in [-0.2, -0.15) is 0 Å². The van der Waals surface area contributed by atoms with Gasteiger partial charge in [0.2, 0.25) is 0 Å². The Balaban J connectivity index is 1.73. The van der Waals surface area contributed by atoms with Crippen LogP contribution in [0.5, 0.6) is 0 Å². The molecule has 6 heteroatoms. The van der Waals surface area contributed by atoms with Gasteiger partial charge in [-0.1, -0.05) is 0 Å². The fourth-order valence-corrected chi connectivity index (χ4v) is 2.99. The second-order valence-electron chi connectivity index (χ2n) is 6.70. The van der Waals surface area contributed by atoms with E-state index < -0.39 is 6.10 Å². The summed E-state index contributed by atoms with van der Waals surface area (Å²) in [6, 6.07) is 0.314. The number of aliphatic hydroxyl groups excluding tert-OH is 1. The summed E-state index contributed by atoms with van der Waals surface area (Å²) >= 11 is 0. The molecule has 0 aromatic carbocycles. The Labute approximate surface area is 134 Å². The van der Waals surface area contributed by atoms with Crippen molar-refractivity contribution in [2.75, 3.05) is 53.0 Å². The quantitative estimate of drug-likeness (QED) is 0.755. The summed E-state index contributed by atoms with van der Waals surface area (Å²) in [5, 5.41) is 9.69. The number of aliphatic hydroxyl groups is 1. The Kier molecular flexibility index (Phi) is 7.05. The molecule has 22 heavy (non-hydrogen) atoms. The van der Waals surface area contributed by atoms with Crippen LogP contribution in [0.4, 0.5) is 0 Å². The molecule has 1 unspecified atom stereocenters. The maximum Gasteiger partial charge on any atom is 0.0960 e. The molecule has 130 valence electrons. The summed E-state index contributed by atoms with van der Waals surface area (Å²) in [4.78, 5) is 4.62. The molecule has 0 aliphatic carbocycles. The van der Waals surface area contributed by atoms with Crippen LogP contribution in [0, 0.1) is 0 Å². The Bertz CT molecular complexity index is 329. The number of likely N-dealkylation sites (N-methyl/N-ethyl adjacent to an activating group) is 1. The first kappa shape index (κ1) is 18.1. The van der Waals surface area contributed by atoms with E-state index in [4.69, 9.17) is 14.2 Å². The number of hydrogen-bond donors (Lipinski definition) is 1. The molecule has 1 N–H and O–H groups in total. The SMILES string of the molecule is CC(CO[C@@H](C)[C@@H]1CN(C)CCO1)N1CCO[C@@H]([C@H](C)O)C1. The standard InChI is InChI=1S/C16H32N2O4/c1-12(18-6-8-20-15(10-18)13(2)19)11-22-14(3)16-9-17(4)5-7-21-16/h12-16,19H,5-11H2,1-4H3/t12?,13-,14-,15+,16-/m0/s1. The minimum absolute atomic E-state index is 0.0936. The molecular formula is C16H32N2O4. The Morgan fingerprint density at radius 2 is 1.77 bits per heavy atom. The van der Waals surface area contributed by atoms with Crippen LogP contribution in [0.2, 0.25) is 0 Å². The number of nitrogens with zero attached hydrogens (tertiary/aromatic N) is 2. The fraction of sp³-hybridized carbons (Fsp3) is 1.00. The van der Waals surface area contributed by atoms with E-state index in [2.05, 4.69) is 30.7 Å². The highest BCUT2D eigenvalue weighted by atomic mass is 16.5. The molecule has 2 fully saturated rings.